The Morgan fingerprint density at radius 3 is 2.57 bits per heavy atom. The van der Waals surface area contributed by atoms with Crippen molar-refractivity contribution in [2.75, 3.05) is 13.1 Å². The molecule has 5 rings (SSSR count). The molecule has 0 radical (unpaired) electrons. The Morgan fingerprint density at radius 2 is 1.87 bits per heavy atom. The summed E-state index contributed by atoms with van der Waals surface area (Å²) in [6, 6.07) is 6.68. The van der Waals surface area contributed by atoms with Gasteiger partial charge in [0.25, 0.3) is 5.91 Å². The maximum absolute atomic E-state index is 13.4. The zero-order valence-corrected chi connectivity index (χ0v) is 17.4. The predicted octanol–water partition coefficient (Wildman–Crippen LogP) is 1.55. The van der Waals surface area contributed by atoms with Crippen molar-refractivity contribution in [1.29, 1.82) is 0 Å². The van der Waals surface area contributed by atoms with Crippen LogP contribution in [0.4, 0.5) is 0 Å². The van der Waals surface area contributed by atoms with Gasteiger partial charge in [-0.2, -0.15) is 0 Å². The van der Waals surface area contributed by atoms with Crippen molar-refractivity contribution in [3.63, 3.8) is 0 Å². The molecule has 1 aromatic carbocycles. The Bertz CT molecular complexity index is 860. The quantitative estimate of drug-likeness (QED) is 0.720. The molecule has 3 heterocycles. The lowest BCUT2D eigenvalue weighted by Crippen LogP contribution is -2.53. The van der Waals surface area contributed by atoms with Gasteiger partial charge in [-0.15, -0.1) is 0 Å². The average Bonchev–Trinajstić information content (AvgIpc) is 3.04. The van der Waals surface area contributed by atoms with Crippen LogP contribution in [-0.4, -0.2) is 58.7 Å². The third-order valence-corrected chi connectivity index (χ3v) is 7.28. The molecule has 7 nitrogen and oxygen atoms in total. The lowest BCUT2D eigenvalue weighted by Gasteiger charge is -2.44. The molecule has 3 fully saturated rings. The van der Waals surface area contributed by atoms with Crippen molar-refractivity contribution in [3.05, 3.63) is 34.9 Å². The normalized spacial score (nSPS) is 27.2. The van der Waals surface area contributed by atoms with Crippen molar-refractivity contribution in [2.24, 2.45) is 0 Å². The van der Waals surface area contributed by atoms with Gasteiger partial charge in [0, 0.05) is 43.7 Å². The molecule has 160 valence electrons. The third kappa shape index (κ3) is 3.54. The van der Waals surface area contributed by atoms with Gasteiger partial charge in [-0.3, -0.25) is 24.6 Å². The first-order valence-electron chi connectivity index (χ1n) is 11.3. The van der Waals surface area contributed by atoms with Gasteiger partial charge in [-0.05, 0) is 49.8 Å². The smallest absolute Gasteiger partial charge is 0.255 e. The van der Waals surface area contributed by atoms with Crippen LogP contribution in [0.5, 0.6) is 0 Å². The molecule has 2 unspecified atom stereocenters. The van der Waals surface area contributed by atoms with Crippen LogP contribution < -0.4 is 10.6 Å². The summed E-state index contributed by atoms with van der Waals surface area (Å²) in [4.78, 5) is 41.5. The molecule has 1 saturated carbocycles. The Kier molecular flexibility index (Phi) is 5.33. The highest BCUT2D eigenvalue weighted by Crippen LogP contribution is 2.34. The van der Waals surface area contributed by atoms with Crippen LogP contribution in [0.2, 0.25) is 0 Å². The minimum Gasteiger partial charge on any atom is -0.322 e. The van der Waals surface area contributed by atoms with Crippen LogP contribution >= 0.6 is 0 Å². The van der Waals surface area contributed by atoms with E-state index in [9.17, 15) is 14.4 Å². The number of rotatable bonds is 5. The second-order valence-electron chi connectivity index (χ2n) is 9.11. The van der Waals surface area contributed by atoms with E-state index in [0.29, 0.717) is 25.0 Å². The van der Waals surface area contributed by atoms with Gasteiger partial charge >= 0.3 is 0 Å². The molecular weight excluding hydrogens is 380 g/mol. The number of hydrogen-bond donors (Lipinski definition) is 2. The number of amides is 3. The highest BCUT2D eigenvalue weighted by atomic mass is 16.2. The summed E-state index contributed by atoms with van der Waals surface area (Å²) in [6.07, 6.45) is 6.85. The summed E-state index contributed by atoms with van der Waals surface area (Å²) in [5, 5.41) is 5.92. The maximum Gasteiger partial charge on any atom is 0.255 e. The third-order valence-electron chi connectivity index (χ3n) is 7.28. The number of carbonyl (C=O) groups is 3. The van der Waals surface area contributed by atoms with Crippen molar-refractivity contribution >= 4 is 17.7 Å². The van der Waals surface area contributed by atoms with Crippen LogP contribution in [0.3, 0.4) is 0 Å². The summed E-state index contributed by atoms with van der Waals surface area (Å²) in [5.74, 6) is -0.665. The molecule has 7 heteroatoms. The van der Waals surface area contributed by atoms with Crippen molar-refractivity contribution < 1.29 is 14.4 Å². The van der Waals surface area contributed by atoms with Gasteiger partial charge < -0.3 is 10.2 Å². The van der Waals surface area contributed by atoms with E-state index in [0.717, 1.165) is 36.3 Å². The highest BCUT2D eigenvalue weighted by molar-refractivity contribution is 6.05. The Hall–Kier alpha value is -2.25. The van der Waals surface area contributed by atoms with E-state index in [4.69, 9.17) is 0 Å². The highest BCUT2D eigenvalue weighted by Gasteiger charge is 2.40. The summed E-state index contributed by atoms with van der Waals surface area (Å²) >= 11 is 0. The predicted molar refractivity (Wildman–Crippen MR) is 112 cm³/mol. The standard InChI is InChI=1S/C23H30N4O3/c28-20-10-9-19(22(29)25-20)27-14-16-5-1-4-15(21(16)23(27)30)13-26(17-6-2-7-17)18-8-3-11-24-12-18/h1,4-5,17-19,24H,2-3,6-14H2,(H,25,28,29). The number of benzene rings is 1. The monoisotopic (exact) mass is 410 g/mol. The topological polar surface area (TPSA) is 81.8 Å². The molecule has 1 aliphatic carbocycles. The minimum atomic E-state index is -0.555. The number of hydrogen-bond acceptors (Lipinski definition) is 5. The molecule has 1 aromatic rings. The molecule has 4 aliphatic rings. The van der Waals surface area contributed by atoms with Gasteiger partial charge in [-0.1, -0.05) is 24.6 Å². The first-order valence-corrected chi connectivity index (χ1v) is 11.3. The Morgan fingerprint density at radius 1 is 1.03 bits per heavy atom. The molecule has 0 bridgehead atoms. The summed E-state index contributed by atoms with van der Waals surface area (Å²) < 4.78 is 0. The first kappa shape index (κ1) is 19.7. The number of imide groups is 1. The van der Waals surface area contributed by atoms with Crippen molar-refractivity contribution in [3.8, 4) is 0 Å². The van der Waals surface area contributed by atoms with E-state index >= 15 is 0 Å². The number of piperidine rings is 2. The molecule has 2 N–H and O–H groups in total. The number of fused-ring (bicyclic) bond motifs is 1. The average molecular weight is 411 g/mol. The second kappa shape index (κ2) is 8.12. The van der Waals surface area contributed by atoms with E-state index in [-0.39, 0.29) is 24.1 Å². The fourth-order valence-electron chi connectivity index (χ4n) is 5.41. The van der Waals surface area contributed by atoms with E-state index in [1.165, 1.54) is 32.1 Å². The van der Waals surface area contributed by atoms with Crippen LogP contribution in [0.25, 0.3) is 0 Å². The molecule has 30 heavy (non-hydrogen) atoms. The van der Waals surface area contributed by atoms with Gasteiger partial charge in [0.15, 0.2) is 0 Å². The number of carbonyl (C=O) groups excluding carboxylic acids is 3. The van der Waals surface area contributed by atoms with Gasteiger partial charge in [0.1, 0.15) is 6.04 Å². The van der Waals surface area contributed by atoms with E-state index in [1.807, 2.05) is 12.1 Å². The summed E-state index contributed by atoms with van der Waals surface area (Å²) in [7, 11) is 0. The van der Waals surface area contributed by atoms with Crippen molar-refractivity contribution in [1.82, 2.24) is 20.4 Å². The lowest BCUT2D eigenvalue weighted by atomic mass is 9.88. The van der Waals surface area contributed by atoms with Gasteiger partial charge in [0.05, 0.1) is 0 Å². The lowest BCUT2D eigenvalue weighted by molar-refractivity contribution is -0.136. The second-order valence-corrected chi connectivity index (χ2v) is 9.11. The molecule has 2 atom stereocenters. The van der Waals surface area contributed by atoms with Crippen LogP contribution in [0.15, 0.2) is 18.2 Å². The molecule has 3 aliphatic heterocycles. The first-order chi connectivity index (χ1) is 14.6. The molecule has 0 spiro atoms. The maximum atomic E-state index is 13.4. The Labute approximate surface area is 177 Å². The minimum absolute atomic E-state index is 0.0644. The summed E-state index contributed by atoms with van der Waals surface area (Å²) in [6.45, 7) is 3.34. The number of nitrogens with zero attached hydrogens (tertiary/aromatic N) is 2. The van der Waals surface area contributed by atoms with Crippen LogP contribution in [0.1, 0.15) is 66.4 Å². The van der Waals surface area contributed by atoms with Crippen LogP contribution in [0, 0.1) is 0 Å². The van der Waals surface area contributed by atoms with E-state index < -0.39 is 6.04 Å². The molecule has 3 amide bonds. The van der Waals surface area contributed by atoms with E-state index in [1.54, 1.807) is 4.90 Å². The van der Waals surface area contributed by atoms with E-state index in [2.05, 4.69) is 21.6 Å². The molecular formula is C23H30N4O3. The Balaban J connectivity index is 1.38. The fourth-order valence-corrected chi connectivity index (χ4v) is 5.41. The van der Waals surface area contributed by atoms with Gasteiger partial charge in [-0.25, -0.2) is 0 Å². The van der Waals surface area contributed by atoms with Crippen LogP contribution in [-0.2, 0) is 22.7 Å². The zero-order chi connectivity index (χ0) is 20.7. The van der Waals surface area contributed by atoms with Crippen molar-refractivity contribution in [2.45, 2.75) is 76.2 Å². The SMILES string of the molecule is O=C1CCC(N2Cc3cccc(CN(C4CCC4)C4CCCNC4)c3C2=O)C(=O)N1. The fraction of sp³-hybridized carbons (Fsp3) is 0.609. The molecule has 2 saturated heterocycles. The largest absolute Gasteiger partial charge is 0.322 e. The molecule has 0 aromatic heterocycles. The number of nitrogens with one attached hydrogen (secondary N) is 2. The van der Waals surface area contributed by atoms with Gasteiger partial charge in [0.2, 0.25) is 11.8 Å². The summed E-state index contributed by atoms with van der Waals surface area (Å²) in [5.41, 5.74) is 2.84. The zero-order valence-electron chi connectivity index (χ0n) is 17.4.